The number of nitrogens with zero attached hydrogens (tertiary/aromatic N) is 1. The second-order valence-corrected chi connectivity index (χ2v) is 7.09. The van der Waals surface area contributed by atoms with Gasteiger partial charge >= 0.3 is 11.9 Å². The van der Waals surface area contributed by atoms with E-state index < -0.39 is 18.0 Å². The average molecular weight is 437 g/mol. The Morgan fingerprint density at radius 1 is 1.10 bits per heavy atom. The molecule has 1 atom stereocenters. The highest BCUT2D eigenvalue weighted by atomic mass is 16.5. The number of piperidine rings is 1. The number of β-amino-alcohol motifs (C(OH)–C–C–N with tert-alkyl or cyclic N) is 1. The highest BCUT2D eigenvalue weighted by molar-refractivity contribution is 5.97. The first kappa shape index (κ1) is 26.3. The van der Waals surface area contributed by atoms with E-state index in [0.717, 1.165) is 13.1 Å². The van der Waals surface area contributed by atoms with Crippen LogP contribution >= 0.6 is 0 Å². The number of hydrogen-bond donors (Lipinski definition) is 4. The van der Waals surface area contributed by atoms with E-state index >= 15 is 0 Å². The molecule has 9 heteroatoms. The van der Waals surface area contributed by atoms with E-state index in [-0.39, 0.29) is 19.0 Å². The molecule has 1 aliphatic heterocycles. The third-order valence-electron chi connectivity index (χ3n) is 4.60. The van der Waals surface area contributed by atoms with Gasteiger partial charge in [0.2, 0.25) is 0 Å². The van der Waals surface area contributed by atoms with Crippen LogP contribution < -0.4 is 4.74 Å². The molecule has 1 saturated heterocycles. The molecule has 1 unspecified atom stereocenters. The highest BCUT2D eigenvalue weighted by Gasteiger charge is 2.16. The van der Waals surface area contributed by atoms with Gasteiger partial charge in [0.25, 0.3) is 0 Å². The lowest BCUT2D eigenvalue weighted by molar-refractivity contribution is -0.134. The predicted molar refractivity (Wildman–Crippen MR) is 113 cm³/mol. The summed E-state index contributed by atoms with van der Waals surface area (Å²) in [5.74, 6) is -1.94. The van der Waals surface area contributed by atoms with Crippen LogP contribution in [0, 0.1) is 0 Å². The Morgan fingerprint density at radius 2 is 1.71 bits per heavy atom. The fourth-order valence-electron chi connectivity index (χ4n) is 3.08. The first-order chi connectivity index (χ1) is 14.8. The maximum absolute atomic E-state index is 11.8. The number of Topliss-reactive ketones (excluding diaryl/α,β-unsaturated/α-hetero) is 1. The summed E-state index contributed by atoms with van der Waals surface area (Å²) in [6.07, 6.45) is 4.64. The third-order valence-corrected chi connectivity index (χ3v) is 4.60. The molecule has 9 nitrogen and oxygen atoms in total. The Balaban J connectivity index is 0.000000512. The maximum atomic E-state index is 11.8. The number of benzene rings is 1. The number of rotatable bonds is 10. The van der Waals surface area contributed by atoms with Gasteiger partial charge in [-0.1, -0.05) is 13.3 Å². The number of aliphatic hydroxyl groups excluding tert-OH is 2. The SMILES string of the molecule is CCC(=O)c1ccc(OCC(O)CN2CCCCC2)cc1CO.O=C(O)/C=C/C(=O)O. The third kappa shape index (κ3) is 10.7. The van der Waals surface area contributed by atoms with Gasteiger partial charge in [-0.3, -0.25) is 4.79 Å². The van der Waals surface area contributed by atoms with Gasteiger partial charge in [0.05, 0.1) is 6.61 Å². The summed E-state index contributed by atoms with van der Waals surface area (Å²) in [5, 5.41) is 35.1. The largest absolute Gasteiger partial charge is 0.491 e. The van der Waals surface area contributed by atoms with Gasteiger partial charge in [0.15, 0.2) is 5.78 Å². The minimum Gasteiger partial charge on any atom is -0.491 e. The van der Waals surface area contributed by atoms with Crippen LogP contribution in [0.25, 0.3) is 0 Å². The van der Waals surface area contributed by atoms with Crippen LogP contribution in [0.4, 0.5) is 0 Å². The molecular formula is C22H31NO8. The highest BCUT2D eigenvalue weighted by Crippen LogP contribution is 2.20. The van der Waals surface area contributed by atoms with E-state index in [9.17, 15) is 24.6 Å². The summed E-state index contributed by atoms with van der Waals surface area (Å²) in [6.45, 7) is 4.51. The molecule has 1 heterocycles. The number of hydrogen-bond acceptors (Lipinski definition) is 7. The van der Waals surface area contributed by atoms with Gasteiger partial charge in [-0.25, -0.2) is 9.59 Å². The molecule has 4 N–H and O–H groups in total. The quantitative estimate of drug-likeness (QED) is 0.317. The molecule has 0 radical (unpaired) electrons. The minimum atomic E-state index is -1.26. The Kier molecular flexibility index (Phi) is 12.1. The standard InChI is InChI=1S/C18H27NO4.C4H4O4/c1-2-18(22)17-7-6-16(10-14(17)12-20)23-13-15(21)11-19-8-4-3-5-9-19;5-3(6)1-2-4(7)8/h6-7,10,15,20-21H,2-5,8-9,11-13H2,1H3;1-2H,(H,5,6)(H,7,8)/b;2-1+. The number of carboxylic acid groups (broad SMARTS) is 2. The van der Waals surface area contributed by atoms with Crippen LogP contribution in [0.5, 0.6) is 5.75 Å². The van der Waals surface area contributed by atoms with Crippen molar-refractivity contribution in [2.45, 2.75) is 45.3 Å². The van der Waals surface area contributed by atoms with Crippen molar-refractivity contribution in [1.82, 2.24) is 4.90 Å². The van der Waals surface area contributed by atoms with E-state index in [4.69, 9.17) is 14.9 Å². The average Bonchev–Trinajstić information content (AvgIpc) is 2.76. The molecule has 1 aliphatic rings. The maximum Gasteiger partial charge on any atom is 0.328 e. The fraction of sp³-hybridized carbons (Fsp3) is 0.500. The number of ketones is 1. The molecular weight excluding hydrogens is 406 g/mol. The number of carbonyl (C=O) groups excluding carboxylic acids is 1. The van der Waals surface area contributed by atoms with Crippen molar-refractivity contribution in [1.29, 1.82) is 0 Å². The number of ether oxygens (including phenoxy) is 1. The summed E-state index contributed by atoms with van der Waals surface area (Å²) in [4.78, 5) is 33.2. The van der Waals surface area contributed by atoms with Crippen molar-refractivity contribution < 1.29 is 39.5 Å². The van der Waals surface area contributed by atoms with Crippen molar-refractivity contribution in [3.63, 3.8) is 0 Å². The Bertz CT molecular complexity index is 740. The normalized spacial score (nSPS) is 15.1. The fourth-order valence-corrected chi connectivity index (χ4v) is 3.08. The Hall–Kier alpha value is -2.75. The van der Waals surface area contributed by atoms with Crippen molar-refractivity contribution in [2.24, 2.45) is 0 Å². The zero-order valence-corrected chi connectivity index (χ0v) is 17.7. The molecule has 172 valence electrons. The van der Waals surface area contributed by atoms with Crippen LogP contribution in [0.3, 0.4) is 0 Å². The number of aliphatic carboxylic acids is 2. The van der Waals surface area contributed by atoms with Crippen molar-refractivity contribution >= 4 is 17.7 Å². The van der Waals surface area contributed by atoms with Crippen LogP contribution in [0.15, 0.2) is 30.4 Å². The molecule has 2 rings (SSSR count). The molecule has 0 aromatic heterocycles. The van der Waals surface area contributed by atoms with Crippen molar-refractivity contribution in [3.8, 4) is 5.75 Å². The lowest BCUT2D eigenvalue weighted by atomic mass is 10.0. The molecule has 0 amide bonds. The molecule has 1 fully saturated rings. The van der Waals surface area contributed by atoms with Gasteiger partial charge in [-0.2, -0.15) is 0 Å². The van der Waals surface area contributed by atoms with Gasteiger partial charge in [0, 0.05) is 30.7 Å². The minimum absolute atomic E-state index is 0.00531. The summed E-state index contributed by atoms with van der Waals surface area (Å²) in [7, 11) is 0. The van der Waals surface area contributed by atoms with E-state index in [2.05, 4.69) is 4.90 Å². The van der Waals surface area contributed by atoms with Crippen LogP contribution in [-0.2, 0) is 16.2 Å². The number of carboxylic acids is 2. The molecule has 1 aromatic carbocycles. The van der Waals surface area contributed by atoms with E-state index in [1.165, 1.54) is 19.3 Å². The molecule has 0 aliphatic carbocycles. The Morgan fingerprint density at radius 3 is 2.23 bits per heavy atom. The van der Waals surface area contributed by atoms with Crippen molar-refractivity contribution in [2.75, 3.05) is 26.2 Å². The van der Waals surface area contributed by atoms with Crippen molar-refractivity contribution in [3.05, 3.63) is 41.5 Å². The number of likely N-dealkylation sites (tertiary alicyclic amines) is 1. The predicted octanol–water partition coefficient (Wildman–Crippen LogP) is 1.71. The summed E-state index contributed by atoms with van der Waals surface area (Å²) >= 11 is 0. The first-order valence-corrected chi connectivity index (χ1v) is 10.2. The second kappa shape index (κ2) is 14.3. The van der Waals surface area contributed by atoms with Gasteiger partial charge in [0.1, 0.15) is 18.5 Å². The number of carbonyl (C=O) groups is 3. The summed E-state index contributed by atoms with van der Waals surface area (Å²) < 4.78 is 5.62. The van der Waals surface area contributed by atoms with E-state index in [1.54, 1.807) is 25.1 Å². The molecule has 31 heavy (non-hydrogen) atoms. The summed E-state index contributed by atoms with van der Waals surface area (Å²) in [5.41, 5.74) is 1.11. The lowest BCUT2D eigenvalue weighted by Gasteiger charge is -2.28. The van der Waals surface area contributed by atoms with Crippen LogP contribution in [0.2, 0.25) is 0 Å². The monoisotopic (exact) mass is 437 g/mol. The zero-order chi connectivity index (χ0) is 23.2. The number of aliphatic hydroxyl groups is 2. The molecule has 0 spiro atoms. The topological polar surface area (TPSA) is 145 Å². The van der Waals surface area contributed by atoms with Gasteiger partial charge in [-0.05, 0) is 49.7 Å². The van der Waals surface area contributed by atoms with E-state index in [0.29, 0.717) is 42.0 Å². The smallest absolute Gasteiger partial charge is 0.328 e. The first-order valence-electron chi connectivity index (χ1n) is 10.2. The molecule has 0 saturated carbocycles. The Labute approximate surface area is 181 Å². The molecule has 1 aromatic rings. The van der Waals surface area contributed by atoms with Crippen LogP contribution in [0.1, 0.15) is 48.5 Å². The van der Waals surface area contributed by atoms with Crippen LogP contribution in [-0.4, -0.2) is 75.4 Å². The second-order valence-electron chi connectivity index (χ2n) is 7.09. The summed E-state index contributed by atoms with van der Waals surface area (Å²) in [6, 6.07) is 5.08. The molecule has 0 bridgehead atoms. The van der Waals surface area contributed by atoms with Gasteiger partial charge in [-0.15, -0.1) is 0 Å². The van der Waals surface area contributed by atoms with Gasteiger partial charge < -0.3 is 30.1 Å². The zero-order valence-electron chi connectivity index (χ0n) is 17.7. The van der Waals surface area contributed by atoms with E-state index in [1.807, 2.05) is 0 Å². The lowest BCUT2D eigenvalue weighted by Crippen LogP contribution is -2.38.